The van der Waals surface area contributed by atoms with E-state index in [1.807, 2.05) is 26.0 Å². The van der Waals surface area contributed by atoms with Crippen molar-refractivity contribution in [1.82, 2.24) is 4.57 Å². The Morgan fingerprint density at radius 3 is 2.66 bits per heavy atom. The summed E-state index contributed by atoms with van der Waals surface area (Å²) in [6, 6.07) is 9.15. The molecular weight excluding hydrogens is 404 g/mol. The minimum Gasteiger partial charge on any atom is -0.494 e. The molecule has 0 unspecified atom stereocenters. The maximum Gasteiger partial charge on any atom is 0.266 e. The van der Waals surface area contributed by atoms with Crippen LogP contribution in [0.3, 0.4) is 0 Å². The lowest BCUT2D eigenvalue weighted by Crippen LogP contribution is -2.24. The minimum atomic E-state index is -0.492. The molecule has 1 N–H and O–H groups in total. The summed E-state index contributed by atoms with van der Waals surface area (Å²) in [6.07, 6.45) is 2.97. The van der Waals surface area contributed by atoms with Gasteiger partial charge in [0.05, 0.1) is 12.8 Å². The van der Waals surface area contributed by atoms with Crippen molar-refractivity contribution >= 4 is 29.3 Å². The molecule has 7 nitrogen and oxygen atoms in total. The van der Waals surface area contributed by atoms with E-state index in [9.17, 15) is 14.9 Å². The van der Waals surface area contributed by atoms with Crippen LogP contribution in [-0.4, -0.2) is 30.0 Å². The first-order valence-corrected chi connectivity index (χ1v) is 10.8. The Bertz CT molecular complexity index is 1110. The van der Waals surface area contributed by atoms with E-state index in [0.29, 0.717) is 36.0 Å². The predicted molar refractivity (Wildman–Crippen MR) is 126 cm³/mol. The molecule has 1 aromatic carbocycles. The normalized spacial score (nSPS) is 14.1. The number of hydrogen-bond donors (Lipinski definition) is 1. The van der Waals surface area contributed by atoms with Crippen LogP contribution in [0.4, 0.5) is 11.4 Å². The van der Waals surface area contributed by atoms with Gasteiger partial charge in [-0.25, -0.2) is 0 Å². The Morgan fingerprint density at radius 2 is 2.06 bits per heavy atom. The van der Waals surface area contributed by atoms with Crippen molar-refractivity contribution in [2.75, 3.05) is 23.9 Å². The Hall–Kier alpha value is -3.53. The topological polar surface area (TPSA) is 87.4 Å². The van der Waals surface area contributed by atoms with Crippen LogP contribution in [-0.2, 0) is 16.1 Å². The van der Waals surface area contributed by atoms with E-state index >= 15 is 0 Å². The van der Waals surface area contributed by atoms with E-state index in [0.717, 1.165) is 29.9 Å². The van der Waals surface area contributed by atoms with Crippen LogP contribution in [0.2, 0.25) is 0 Å². The van der Waals surface area contributed by atoms with Gasteiger partial charge in [-0.15, -0.1) is 0 Å². The fraction of sp³-hybridized carbons (Fsp3) is 0.400. The smallest absolute Gasteiger partial charge is 0.266 e. The number of carbonyl (C=O) groups excluding carboxylic acids is 2. The molecule has 0 bridgehead atoms. The molecule has 1 aromatic heterocycles. The molecule has 1 aliphatic rings. The van der Waals surface area contributed by atoms with Gasteiger partial charge in [0.15, 0.2) is 0 Å². The van der Waals surface area contributed by atoms with Crippen molar-refractivity contribution < 1.29 is 14.3 Å². The standard InChI is InChI=1S/C25H30N4O3/c1-16(2)15-29-17(3)11-19(18(29)4)12-20(14-26)25(31)27-21-8-9-22(23(13-21)32-5)28-10-6-7-24(28)30/h8-9,11-13,16H,6-7,10,15H2,1-5H3,(H,27,31)/b20-12+. The number of ether oxygens (including phenoxy) is 1. The predicted octanol–water partition coefficient (Wildman–Crippen LogP) is 4.44. The molecule has 3 rings (SSSR count). The van der Waals surface area contributed by atoms with Crippen LogP contribution < -0.4 is 15.0 Å². The van der Waals surface area contributed by atoms with Crippen LogP contribution >= 0.6 is 0 Å². The number of carbonyl (C=O) groups is 2. The SMILES string of the molecule is COc1cc(NC(=O)/C(C#N)=C/c2cc(C)n(CC(C)C)c2C)ccc1N1CCCC1=O. The highest BCUT2D eigenvalue weighted by Gasteiger charge is 2.24. The van der Waals surface area contributed by atoms with Crippen molar-refractivity contribution in [3.8, 4) is 11.8 Å². The molecule has 2 aromatic rings. The molecule has 0 saturated carbocycles. The third kappa shape index (κ3) is 4.86. The number of nitrogens with one attached hydrogen (secondary N) is 1. The average Bonchev–Trinajstić information content (AvgIpc) is 3.29. The third-order valence-corrected chi connectivity index (χ3v) is 5.63. The average molecular weight is 435 g/mol. The van der Waals surface area contributed by atoms with Gasteiger partial charge in [0.2, 0.25) is 5.91 Å². The Balaban J connectivity index is 1.83. The molecule has 32 heavy (non-hydrogen) atoms. The molecule has 2 heterocycles. The number of hydrogen-bond acceptors (Lipinski definition) is 4. The number of rotatable bonds is 7. The Morgan fingerprint density at radius 1 is 1.31 bits per heavy atom. The second kappa shape index (κ2) is 9.73. The van der Waals surface area contributed by atoms with Gasteiger partial charge in [-0.05, 0) is 56.0 Å². The first-order chi connectivity index (χ1) is 15.2. The zero-order valence-corrected chi connectivity index (χ0v) is 19.4. The number of anilines is 2. The number of methoxy groups -OCH3 is 1. The molecule has 1 fully saturated rings. The maximum absolute atomic E-state index is 12.8. The van der Waals surface area contributed by atoms with Crippen molar-refractivity contribution in [3.05, 3.63) is 46.8 Å². The van der Waals surface area contributed by atoms with Gasteiger partial charge in [0.25, 0.3) is 5.91 Å². The van der Waals surface area contributed by atoms with Crippen LogP contribution in [0.1, 0.15) is 43.6 Å². The van der Waals surface area contributed by atoms with Crippen molar-refractivity contribution in [2.45, 2.75) is 47.1 Å². The molecular formula is C25H30N4O3. The zero-order chi connectivity index (χ0) is 23.4. The summed E-state index contributed by atoms with van der Waals surface area (Å²) >= 11 is 0. The second-order valence-corrected chi connectivity index (χ2v) is 8.49. The van der Waals surface area contributed by atoms with Gasteiger partial charge in [-0.2, -0.15) is 5.26 Å². The number of nitriles is 1. The van der Waals surface area contributed by atoms with Gasteiger partial charge >= 0.3 is 0 Å². The second-order valence-electron chi connectivity index (χ2n) is 8.49. The van der Waals surface area contributed by atoms with Gasteiger partial charge in [0.1, 0.15) is 17.4 Å². The Kier molecular flexibility index (Phi) is 7.04. The van der Waals surface area contributed by atoms with Gasteiger partial charge in [0, 0.05) is 42.7 Å². The number of benzene rings is 1. The molecule has 1 aliphatic heterocycles. The number of aromatic nitrogens is 1. The molecule has 0 atom stereocenters. The molecule has 0 aliphatic carbocycles. The summed E-state index contributed by atoms with van der Waals surface area (Å²) in [4.78, 5) is 26.6. The van der Waals surface area contributed by atoms with Crippen molar-refractivity contribution in [1.29, 1.82) is 5.26 Å². The highest BCUT2D eigenvalue weighted by atomic mass is 16.5. The van der Waals surface area contributed by atoms with E-state index < -0.39 is 5.91 Å². The van der Waals surface area contributed by atoms with Gasteiger partial charge < -0.3 is 19.5 Å². The van der Waals surface area contributed by atoms with Crippen LogP contribution in [0, 0.1) is 31.1 Å². The highest BCUT2D eigenvalue weighted by molar-refractivity contribution is 6.10. The maximum atomic E-state index is 12.8. The Labute approximate surface area is 189 Å². The minimum absolute atomic E-state index is 0.0209. The van der Waals surface area contributed by atoms with Gasteiger partial charge in [-0.1, -0.05) is 13.8 Å². The van der Waals surface area contributed by atoms with E-state index in [1.165, 1.54) is 7.11 Å². The molecule has 7 heteroatoms. The molecule has 2 amide bonds. The lowest BCUT2D eigenvalue weighted by Gasteiger charge is -2.19. The number of amides is 2. The van der Waals surface area contributed by atoms with Crippen molar-refractivity contribution in [2.24, 2.45) is 5.92 Å². The monoisotopic (exact) mass is 434 g/mol. The quantitative estimate of drug-likeness (QED) is 0.515. The summed E-state index contributed by atoms with van der Waals surface area (Å²) in [5.74, 6) is 0.556. The summed E-state index contributed by atoms with van der Waals surface area (Å²) in [6.45, 7) is 9.86. The molecule has 1 saturated heterocycles. The molecule has 0 spiro atoms. The van der Waals surface area contributed by atoms with Crippen LogP contribution in [0.15, 0.2) is 29.8 Å². The number of aryl methyl sites for hydroxylation is 1. The fourth-order valence-electron chi connectivity index (χ4n) is 4.00. The molecule has 168 valence electrons. The first kappa shape index (κ1) is 23.1. The lowest BCUT2D eigenvalue weighted by molar-refractivity contribution is -0.117. The summed E-state index contributed by atoms with van der Waals surface area (Å²) in [5, 5.41) is 12.4. The largest absolute Gasteiger partial charge is 0.494 e. The summed E-state index contributed by atoms with van der Waals surface area (Å²) in [7, 11) is 1.53. The molecule has 0 radical (unpaired) electrons. The highest BCUT2D eigenvalue weighted by Crippen LogP contribution is 2.34. The van der Waals surface area contributed by atoms with Crippen LogP contribution in [0.5, 0.6) is 5.75 Å². The fourth-order valence-corrected chi connectivity index (χ4v) is 4.00. The van der Waals surface area contributed by atoms with E-state index in [2.05, 4.69) is 23.7 Å². The summed E-state index contributed by atoms with van der Waals surface area (Å²) in [5.41, 5.74) is 4.17. The third-order valence-electron chi connectivity index (χ3n) is 5.63. The number of nitrogens with zero attached hydrogens (tertiary/aromatic N) is 3. The van der Waals surface area contributed by atoms with E-state index in [-0.39, 0.29) is 11.5 Å². The zero-order valence-electron chi connectivity index (χ0n) is 19.4. The van der Waals surface area contributed by atoms with Crippen LogP contribution in [0.25, 0.3) is 6.08 Å². The summed E-state index contributed by atoms with van der Waals surface area (Å²) < 4.78 is 7.65. The van der Waals surface area contributed by atoms with Crippen molar-refractivity contribution in [3.63, 3.8) is 0 Å². The van der Waals surface area contributed by atoms with E-state index in [1.54, 1.807) is 29.2 Å². The lowest BCUT2D eigenvalue weighted by atomic mass is 10.1. The van der Waals surface area contributed by atoms with E-state index in [4.69, 9.17) is 4.74 Å². The first-order valence-electron chi connectivity index (χ1n) is 10.8. The van der Waals surface area contributed by atoms with Gasteiger partial charge in [-0.3, -0.25) is 9.59 Å².